The Morgan fingerprint density at radius 1 is 1.29 bits per heavy atom. The quantitative estimate of drug-likeness (QED) is 0.593. The van der Waals surface area contributed by atoms with E-state index in [0.717, 1.165) is 16.8 Å². The van der Waals surface area contributed by atoms with Crippen molar-refractivity contribution in [3.05, 3.63) is 69.6 Å². The Morgan fingerprint density at radius 2 is 2.06 bits per heavy atom. The van der Waals surface area contributed by atoms with Gasteiger partial charge in [0.05, 0.1) is 10.5 Å². The van der Waals surface area contributed by atoms with Gasteiger partial charge in [-0.05, 0) is 61.4 Å². The maximum Gasteiger partial charge on any atom is 0.323 e. The van der Waals surface area contributed by atoms with E-state index in [1.165, 1.54) is 17.7 Å². The number of hydrogen-bond donors (Lipinski definition) is 2. The van der Waals surface area contributed by atoms with E-state index in [0.29, 0.717) is 43.0 Å². The molecular formula is C24H24ClFN2O3. The van der Waals surface area contributed by atoms with Gasteiger partial charge in [-0.1, -0.05) is 35.9 Å². The Kier molecular flexibility index (Phi) is 6.01. The van der Waals surface area contributed by atoms with Gasteiger partial charge < -0.3 is 15.0 Å². The number of amides is 1. The second-order valence-corrected chi connectivity index (χ2v) is 8.53. The van der Waals surface area contributed by atoms with Crippen molar-refractivity contribution in [1.29, 1.82) is 0 Å². The van der Waals surface area contributed by atoms with Gasteiger partial charge in [-0.15, -0.1) is 0 Å². The number of carbonyl (C=O) groups is 2. The number of nitrogens with zero attached hydrogens (tertiary/aromatic N) is 1. The minimum atomic E-state index is -0.980. The third-order valence-corrected chi connectivity index (χ3v) is 6.31. The number of fused-ring (bicyclic) bond motifs is 3. The zero-order valence-electron chi connectivity index (χ0n) is 17.3. The van der Waals surface area contributed by atoms with Crippen LogP contribution in [0.15, 0.2) is 36.4 Å². The van der Waals surface area contributed by atoms with E-state index in [2.05, 4.69) is 5.32 Å². The van der Waals surface area contributed by atoms with Crippen molar-refractivity contribution in [2.45, 2.75) is 51.6 Å². The number of aliphatic carboxylic acids is 1. The highest BCUT2D eigenvalue weighted by Crippen LogP contribution is 2.36. The molecule has 162 valence electrons. The third kappa shape index (κ3) is 4.44. The lowest BCUT2D eigenvalue weighted by Crippen LogP contribution is -2.39. The first-order chi connectivity index (χ1) is 14.8. The lowest BCUT2D eigenvalue weighted by atomic mass is 9.91. The van der Waals surface area contributed by atoms with Gasteiger partial charge in [-0.3, -0.25) is 9.59 Å². The highest BCUT2D eigenvalue weighted by atomic mass is 35.5. The van der Waals surface area contributed by atoms with Crippen LogP contribution in [0.1, 0.15) is 35.2 Å². The molecule has 0 radical (unpaired) electrons. The molecule has 1 heterocycles. The van der Waals surface area contributed by atoms with Crippen LogP contribution in [0.4, 0.5) is 4.39 Å². The van der Waals surface area contributed by atoms with Gasteiger partial charge in [-0.2, -0.15) is 0 Å². The summed E-state index contributed by atoms with van der Waals surface area (Å²) in [5.74, 6) is -1.46. The van der Waals surface area contributed by atoms with Gasteiger partial charge in [0.1, 0.15) is 12.4 Å². The van der Waals surface area contributed by atoms with Gasteiger partial charge in [0.25, 0.3) is 0 Å². The molecule has 1 aliphatic rings. The van der Waals surface area contributed by atoms with Gasteiger partial charge in [0.15, 0.2) is 0 Å². The Bertz CT molecular complexity index is 1170. The molecule has 3 aromatic rings. The largest absolute Gasteiger partial charge is 0.480 e. The molecule has 1 aliphatic carbocycles. The van der Waals surface area contributed by atoms with E-state index < -0.39 is 11.8 Å². The van der Waals surface area contributed by atoms with E-state index >= 15 is 0 Å². The zero-order chi connectivity index (χ0) is 22.1. The van der Waals surface area contributed by atoms with Crippen molar-refractivity contribution in [2.75, 3.05) is 0 Å². The Labute approximate surface area is 184 Å². The van der Waals surface area contributed by atoms with Crippen molar-refractivity contribution >= 4 is 34.4 Å². The van der Waals surface area contributed by atoms with E-state index in [1.54, 1.807) is 4.57 Å². The van der Waals surface area contributed by atoms with Crippen LogP contribution in [0, 0.1) is 12.7 Å². The highest BCUT2D eigenvalue weighted by molar-refractivity contribution is 6.35. The summed E-state index contributed by atoms with van der Waals surface area (Å²) >= 11 is 6.28. The van der Waals surface area contributed by atoms with Crippen LogP contribution >= 0.6 is 11.6 Å². The van der Waals surface area contributed by atoms with Crippen LogP contribution < -0.4 is 5.32 Å². The summed E-state index contributed by atoms with van der Waals surface area (Å²) in [7, 11) is 0. The number of hydrogen-bond acceptors (Lipinski definition) is 2. The normalized spacial score (nSPS) is 15.6. The fraction of sp³-hybridized carbons (Fsp3) is 0.333. The summed E-state index contributed by atoms with van der Waals surface area (Å²) in [6.07, 6.45) is 2.89. The van der Waals surface area contributed by atoms with Crippen molar-refractivity contribution in [3.63, 3.8) is 0 Å². The average Bonchev–Trinajstić information content (AvgIpc) is 3.00. The number of aromatic nitrogens is 1. The van der Waals surface area contributed by atoms with Gasteiger partial charge >= 0.3 is 5.97 Å². The second kappa shape index (κ2) is 8.71. The highest BCUT2D eigenvalue weighted by Gasteiger charge is 2.28. The number of rotatable bonds is 6. The predicted molar refractivity (Wildman–Crippen MR) is 118 cm³/mol. The lowest BCUT2D eigenvalue weighted by Gasteiger charge is -2.25. The summed E-state index contributed by atoms with van der Waals surface area (Å²) < 4.78 is 15.7. The first kappa shape index (κ1) is 21.4. The van der Waals surface area contributed by atoms with Gasteiger partial charge in [0, 0.05) is 23.5 Å². The van der Waals surface area contributed by atoms with Crippen LogP contribution in [-0.4, -0.2) is 27.6 Å². The first-order valence-corrected chi connectivity index (χ1v) is 10.8. The maximum absolute atomic E-state index is 14.1. The number of benzene rings is 2. The van der Waals surface area contributed by atoms with Crippen LogP contribution in [0.2, 0.25) is 5.02 Å². The summed E-state index contributed by atoms with van der Waals surface area (Å²) in [5, 5.41) is 13.3. The minimum absolute atomic E-state index is 0.0183. The molecule has 0 bridgehead atoms. The SMILES string of the molecule is Cc1ccccc1CCC(=O)N[C@@H]1CCc2c(c3cc(F)cc(Cl)c3n2CC(=O)O)C1. The first-order valence-electron chi connectivity index (χ1n) is 10.4. The molecular weight excluding hydrogens is 419 g/mol. The van der Waals surface area contributed by atoms with E-state index in [9.17, 15) is 19.1 Å². The zero-order valence-corrected chi connectivity index (χ0v) is 18.0. The van der Waals surface area contributed by atoms with Gasteiger partial charge in [-0.25, -0.2) is 4.39 Å². The molecule has 5 nitrogen and oxygen atoms in total. The van der Waals surface area contributed by atoms with E-state index in [-0.39, 0.29) is 23.5 Å². The molecule has 2 aromatic carbocycles. The average molecular weight is 443 g/mol. The molecule has 0 fully saturated rings. The van der Waals surface area contributed by atoms with Crippen LogP contribution in [0.5, 0.6) is 0 Å². The molecule has 0 aliphatic heterocycles. The van der Waals surface area contributed by atoms with Crippen LogP contribution in [-0.2, 0) is 35.4 Å². The molecule has 4 rings (SSSR count). The molecule has 0 unspecified atom stereocenters. The smallest absolute Gasteiger partial charge is 0.323 e. The molecule has 31 heavy (non-hydrogen) atoms. The third-order valence-electron chi connectivity index (χ3n) is 6.02. The molecule has 0 saturated heterocycles. The molecule has 7 heteroatoms. The van der Waals surface area contributed by atoms with Crippen molar-refractivity contribution in [2.24, 2.45) is 0 Å². The second-order valence-electron chi connectivity index (χ2n) is 8.12. The number of carboxylic acids is 1. The van der Waals surface area contributed by atoms with E-state index in [1.807, 2.05) is 31.2 Å². The Hall–Kier alpha value is -2.86. The van der Waals surface area contributed by atoms with Crippen LogP contribution in [0.25, 0.3) is 10.9 Å². The number of halogens is 2. The number of aryl methyl sites for hydroxylation is 2. The number of carboxylic acid groups (broad SMARTS) is 1. The maximum atomic E-state index is 14.1. The summed E-state index contributed by atoms with van der Waals surface area (Å²) in [6.45, 7) is 1.80. The van der Waals surface area contributed by atoms with Crippen molar-refractivity contribution in [3.8, 4) is 0 Å². The molecule has 0 spiro atoms. The molecule has 0 saturated carbocycles. The Balaban J connectivity index is 1.53. The summed E-state index contributed by atoms with van der Waals surface area (Å²) in [4.78, 5) is 24.0. The fourth-order valence-electron chi connectivity index (χ4n) is 4.57. The summed E-state index contributed by atoms with van der Waals surface area (Å²) in [5.41, 5.74) is 4.60. The monoisotopic (exact) mass is 442 g/mol. The minimum Gasteiger partial charge on any atom is -0.480 e. The van der Waals surface area contributed by atoms with Crippen molar-refractivity contribution < 1.29 is 19.1 Å². The predicted octanol–water partition coefficient (Wildman–Crippen LogP) is 4.43. The lowest BCUT2D eigenvalue weighted by molar-refractivity contribution is -0.137. The van der Waals surface area contributed by atoms with E-state index in [4.69, 9.17) is 11.6 Å². The molecule has 2 N–H and O–H groups in total. The molecule has 1 aromatic heterocycles. The molecule has 1 amide bonds. The standard InChI is InChI=1S/C24H24ClFN2O3/c1-14-4-2-3-5-15(14)6-9-22(29)27-17-7-8-21-18(12-17)19-10-16(26)11-20(25)24(19)28(21)13-23(30)31/h2-5,10-11,17H,6-9,12-13H2,1H3,(H,27,29)(H,30,31)/t17-/m1/s1. The molecule has 1 atom stereocenters. The summed E-state index contributed by atoms with van der Waals surface area (Å²) in [6, 6.07) is 10.6. The Morgan fingerprint density at radius 3 is 2.81 bits per heavy atom. The number of carbonyl (C=O) groups excluding carboxylic acids is 1. The topological polar surface area (TPSA) is 71.3 Å². The fourth-order valence-corrected chi connectivity index (χ4v) is 4.88. The van der Waals surface area contributed by atoms with Crippen molar-refractivity contribution in [1.82, 2.24) is 9.88 Å². The van der Waals surface area contributed by atoms with Gasteiger partial charge in [0.2, 0.25) is 5.91 Å². The number of nitrogens with one attached hydrogen (secondary N) is 1. The van der Waals surface area contributed by atoms with Crippen LogP contribution in [0.3, 0.4) is 0 Å².